The van der Waals surface area contributed by atoms with E-state index in [1.54, 1.807) is 6.07 Å². The Morgan fingerprint density at radius 2 is 2.24 bits per heavy atom. The molecule has 0 bridgehead atoms. The third-order valence-electron chi connectivity index (χ3n) is 2.35. The molecule has 0 fully saturated rings. The van der Waals surface area contributed by atoms with Crippen molar-refractivity contribution in [1.29, 1.82) is 0 Å². The van der Waals surface area contributed by atoms with Crippen molar-refractivity contribution in [3.8, 4) is 0 Å². The summed E-state index contributed by atoms with van der Waals surface area (Å²) in [5.41, 5.74) is 7.41. The van der Waals surface area contributed by atoms with Crippen LogP contribution in [0, 0.1) is 5.82 Å². The van der Waals surface area contributed by atoms with E-state index in [2.05, 4.69) is 9.59 Å². The molecule has 0 saturated heterocycles. The van der Waals surface area contributed by atoms with E-state index >= 15 is 0 Å². The largest absolute Gasteiger partial charge is 0.388 e. The Morgan fingerprint density at radius 1 is 1.41 bits per heavy atom. The summed E-state index contributed by atoms with van der Waals surface area (Å²) >= 11 is 1.19. The number of nitrogen functional groups attached to an aromatic ring is 1. The smallest absolute Gasteiger partial charge is 0.132 e. The van der Waals surface area contributed by atoms with Crippen LogP contribution in [-0.2, 0) is 13.1 Å². The number of hydrogen-bond acceptors (Lipinski definition) is 5. The molecule has 2 rings (SSSR count). The molecular weight excluding hydrogens is 239 g/mol. The maximum Gasteiger partial charge on any atom is 0.132 e. The lowest BCUT2D eigenvalue weighted by molar-refractivity contribution is 0.315. The van der Waals surface area contributed by atoms with Crippen molar-refractivity contribution >= 4 is 16.5 Å². The number of aromatic nitrogens is 2. The minimum absolute atomic E-state index is 0.217. The van der Waals surface area contributed by atoms with E-state index in [1.165, 1.54) is 23.7 Å². The van der Waals surface area contributed by atoms with Gasteiger partial charge in [0.1, 0.15) is 16.5 Å². The van der Waals surface area contributed by atoms with Crippen LogP contribution in [0.4, 0.5) is 9.39 Å². The van der Waals surface area contributed by atoms with Crippen molar-refractivity contribution in [2.45, 2.75) is 13.1 Å². The molecule has 1 aromatic heterocycles. The molecule has 1 aromatic carbocycles. The van der Waals surface area contributed by atoms with Gasteiger partial charge in [-0.25, -0.2) is 4.39 Å². The highest BCUT2D eigenvalue weighted by Crippen LogP contribution is 2.15. The van der Waals surface area contributed by atoms with Crippen LogP contribution < -0.4 is 5.73 Å². The van der Waals surface area contributed by atoms with Crippen molar-refractivity contribution in [2.75, 3.05) is 12.8 Å². The highest BCUT2D eigenvalue weighted by molar-refractivity contribution is 7.09. The molecule has 0 aliphatic carbocycles. The van der Waals surface area contributed by atoms with Gasteiger partial charge in [0.2, 0.25) is 0 Å². The number of benzene rings is 1. The first-order valence-corrected chi connectivity index (χ1v) is 5.92. The van der Waals surface area contributed by atoms with Crippen molar-refractivity contribution in [3.63, 3.8) is 0 Å². The Balaban J connectivity index is 1.98. The first-order chi connectivity index (χ1) is 8.15. The van der Waals surface area contributed by atoms with E-state index in [0.29, 0.717) is 18.1 Å². The van der Waals surface area contributed by atoms with Crippen molar-refractivity contribution in [2.24, 2.45) is 0 Å². The number of anilines is 1. The molecule has 0 aliphatic heterocycles. The second-order valence-electron chi connectivity index (χ2n) is 3.89. The zero-order chi connectivity index (χ0) is 12.3. The van der Waals surface area contributed by atoms with Crippen LogP contribution in [0.5, 0.6) is 0 Å². The molecule has 0 aliphatic rings. The molecule has 6 heteroatoms. The highest BCUT2D eigenvalue weighted by atomic mass is 32.1. The second-order valence-corrected chi connectivity index (χ2v) is 4.67. The summed E-state index contributed by atoms with van der Waals surface area (Å²) < 4.78 is 16.8. The zero-order valence-electron chi connectivity index (χ0n) is 9.43. The average Bonchev–Trinajstić information content (AvgIpc) is 2.64. The normalized spacial score (nSPS) is 11.0. The fourth-order valence-electron chi connectivity index (χ4n) is 1.58. The fraction of sp³-hybridized carbons (Fsp3) is 0.273. The molecule has 90 valence electrons. The first-order valence-electron chi connectivity index (χ1n) is 5.15. The average molecular weight is 252 g/mol. The maximum atomic E-state index is 13.0. The predicted octanol–water partition coefficient (Wildman–Crippen LogP) is 1.89. The number of hydrogen-bond donors (Lipinski definition) is 1. The number of nitrogens with zero attached hydrogens (tertiary/aromatic N) is 3. The van der Waals surface area contributed by atoms with Gasteiger partial charge >= 0.3 is 0 Å². The SMILES string of the molecule is CN(Cc1cccc(F)c1)Cc1nnsc1N. The second kappa shape index (κ2) is 5.20. The van der Waals surface area contributed by atoms with E-state index < -0.39 is 0 Å². The topological polar surface area (TPSA) is 55.0 Å². The van der Waals surface area contributed by atoms with Crippen LogP contribution >= 0.6 is 11.5 Å². The molecule has 0 atom stereocenters. The molecule has 0 radical (unpaired) electrons. The number of halogens is 1. The van der Waals surface area contributed by atoms with Gasteiger partial charge in [0.05, 0.1) is 0 Å². The van der Waals surface area contributed by atoms with Crippen LogP contribution in [0.25, 0.3) is 0 Å². The van der Waals surface area contributed by atoms with Gasteiger partial charge in [-0.15, -0.1) is 5.10 Å². The standard InChI is InChI=1S/C11H13FN4S/c1-16(7-10-11(13)17-15-14-10)6-8-3-2-4-9(12)5-8/h2-5H,6-7,13H2,1H3. The van der Waals surface area contributed by atoms with E-state index in [4.69, 9.17) is 5.73 Å². The summed E-state index contributed by atoms with van der Waals surface area (Å²) in [6, 6.07) is 6.56. The Morgan fingerprint density at radius 3 is 2.88 bits per heavy atom. The van der Waals surface area contributed by atoms with Crippen LogP contribution in [0.15, 0.2) is 24.3 Å². The van der Waals surface area contributed by atoms with Crippen LogP contribution in [-0.4, -0.2) is 21.5 Å². The summed E-state index contributed by atoms with van der Waals surface area (Å²) in [7, 11) is 1.93. The zero-order valence-corrected chi connectivity index (χ0v) is 10.2. The summed E-state index contributed by atoms with van der Waals surface area (Å²) in [6.07, 6.45) is 0. The van der Waals surface area contributed by atoms with Gasteiger partial charge < -0.3 is 5.73 Å². The summed E-state index contributed by atoms with van der Waals surface area (Å²) in [5, 5.41) is 4.58. The minimum atomic E-state index is -0.217. The molecule has 17 heavy (non-hydrogen) atoms. The Labute approximate surface area is 103 Å². The molecule has 0 amide bonds. The van der Waals surface area contributed by atoms with Crippen molar-refractivity contribution in [1.82, 2.24) is 14.5 Å². The van der Waals surface area contributed by atoms with E-state index in [1.807, 2.05) is 18.0 Å². The Kier molecular flexibility index (Phi) is 3.65. The highest BCUT2D eigenvalue weighted by Gasteiger charge is 2.08. The van der Waals surface area contributed by atoms with Gasteiger partial charge in [-0.1, -0.05) is 16.6 Å². The molecule has 0 unspecified atom stereocenters. The van der Waals surface area contributed by atoms with E-state index in [0.717, 1.165) is 11.3 Å². The third-order valence-corrected chi connectivity index (χ3v) is 2.94. The molecule has 1 heterocycles. The van der Waals surface area contributed by atoms with Crippen molar-refractivity contribution < 1.29 is 4.39 Å². The molecule has 4 nitrogen and oxygen atoms in total. The van der Waals surface area contributed by atoms with Gasteiger partial charge in [-0.05, 0) is 24.7 Å². The van der Waals surface area contributed by atoms with Gasteiger partial charge in [-0.3, -0.25) is 4.90 Å². The van der Waals surface area contributed by atoms with Crippen LogP contribution in [0.1, 0.15) is 11.3 Å². The number of nitrogens with two attached hydrogens (primary N) is 1. The predicted molar refractivity (Wildman–Crippen MR) is 65.9 cm³/mol. The fourth-order valence-corrected chi connectivity index (χ4v) is 2.02. The lowest BCUT2D eigenvalue weighted by Gasteiger charge is -2.15. The maximum absolute atomic E-state index is 13.0. The van der Waals surface area contributed by atoms with Crippen LogP contribution in [0.3, 0.4) is 0 Å². The minimum Gasteiger partial charge on any atom is -0.388 e. The van der Waals surface area contributed by atoms with E-state index in [9.17, 15) is 4.39 Å². The number of rotatable bonds is 4. The lowest BCUT2D eigenvalue weighted by Crippen LogP contribution is -2.18. The molecule has 0 spiro atoms. The molecule has 2 aromatic rings. The quantitative estimate of drug-likeness (QED) is 0.903. The molecule has 2 N–H and O–H groups in total. The van der Waals surface area contributed by atoms with Gasteiger partial charge in [-0.2, -0.15) is 0 Å². The summed E-state index contributed by atoms with van der Waals surface area (Å²) in [6.45, 7) is 1.26. The molecule has 0 saturated carbocycles. The van der Waals surface area contributed by atoms with E-state index in [-0.39, 0.29) is 5.82 Å². The lowest BCUT2D eigenvalue weighted by atomic mass is 10.2. The third kappa shape index (κ3) is 3.21. The van der Waals surface area contributed by atoms with Crippen LogP contribution in [0.2, 0.25) is 0 Å². The molecular formula is C11H13FN4S. The first kappa shape index (κ1) is 11.9. The van der Waals surface area contributed by atoms with Gasteiger partial charge in [0.15, 0.2) is 0 Å². The summed E-state index contributed by atoms with van der Waals surface area (Å²) in [4.78, 5) is 2.02. The Hall–Kier alpha value is -1.53. The van der Waals surface area contributed by atoms with Gasteiger partial charge in [0, 0.05) is 24.6 Å². The Bertz CT molecular complexity index is 500. The van der Waals surface area contributed by atoms with Gasteiger partial charge in [0.25, 0.3) is 0 Å². The monoisotopic (exact) mass is 252 g/mol. The van der Waals surface area contributed by atoms with Crippen molar-refractivity contribution in [3.05, 3.63) is 41.3 Å². The summed E-state index contributed by atoms with van der Waals surface area (Å²) in [5.74, 6) is -0.217.